The van der Waals surface area contributed by atoms with Gasteiger partial charge in [-0.1, -0.05) is 22.0 Å². The van der Waals surface area contributed by atoms with Gasteiger partial charge in [0.25, 0.3) is 5.91 Å². The highest BCUT2D eigenvalue weighted by Crippen LogP contribution is 2.15. The van der Waals surface area contributed by atoms with Gasteiger partial charge in [-0.05, 0) is 24.6 Å². The first-order chi connectivity index (χ1) is 8.04. The maximum absolute atomic E-state index is 11.8. The number of halogens is 1. The van der Waals surface area contributed by atoms with Crippen molar-refractivity contribution in [2.24, 2.45) is 0 Å². The Labute approximate surface area is 108 Å². The molecule has 0 saturated carbocycles. The quantitative estimate of drug-likeness (QED) is 0.866. The van der Waals surface area contributed by atoms with Crippen LogP contribution < -0.4 is 5.32 Å². The maximum Gasteiger partial charge on any atom is 0.307 e. The van der Waals surface area contributed by atoms with Crippen molar-refractivity contribution in [2.75, 3.05) is 13.7 Å². The Morgan fingerprint density at radius 3 is 2.76 bits per heavy atom. The smallest absolute Gasteiger partial charge is 0.307 e. The lowest BCUT2D eigenvalue weighted by molar-refractivity contribution is -0.140. The first kappa shape index (κ1) is 13.7. The van der Waals surface area contributed by atoms with Gasteiger partial charge in [0.1, 0.15) is 0 Å². The minimum Gasteiger partial charge on any atom is -0.469 e. The number of rotatable bonds is 4. The second-order valence-corrected chi connectivity index (χ2v) is 4.46. The molecule has 0 fully saturated rings. The van der Waals surface area contributed by atoms with Crippen molar-refractivity contribution < 1.29 is 14.3 Å². The first-order valence-corrected chi connectivity index (χ1v) is 5.95. The normalized spacial score (nSPS) is 9.82. The standard InChI is InChI=1S/C12H14BrNO3/c1-8-3-4-9(13)7-10(8)12(16)14-6-5-11(15)17-2/h3-4,7H,5-6H2,1-2H3,(H,14,16). The van der Waals surface area contributed by atoms with Gasteiger partial charge < -0.3 is 10.1 Å². The fourth-order valence-electron chi connectivity index (χ4n) is 1.31. The molecule has 1 rings (SSSR count). The molecule has 0 saturated heterocycles. The topological polar surface area (TPSA) is 55.4 Å². The van der Waals surface area contributed by atoms with Crippen molar-refractivity contribution in [1.29, 1.82) is 0 Å². The van der Waals surface area contributed by atoms with E-state index in [1.54, 1.807) is 6.07 Å². The van der Waals surface area contributed by atoms with Crippen LogP contribution in [0.5, 0.6) is 0 Å². The van der Waals surface area contributed by atoms with Gasteiger partial charge in [-0.3, -0.25) is 9.59 Å². The van der Waals surface area contributed by atoms with Gasteiger partial charge in [-0.2, -0.15) is 0 Å². The van der Waals surface area contributed by atoms with Crippen LogP contribution in [0.1, 0.15) is 22.3 Å². The van der Waals surface area contributed by atoms with Crippen LogP contribution in [0, 0.1) is 6.92 Å². The summed E-state index contributed by atoms with van der Waals surface area (Å²) >= 11 is 3.31. The summed E-state index contributed by atoms with van der Waals surface area (Å²) in [5, 5.41) is 2.67. The van der Waals surface area contributed by atoms with Gasteiger partial charge in [0.2, 0.25) is 0 Å². The molecule has 0 atom stereocenters. The van der Waals surface area contributed by atoms with Gasteiger partial charge in [0.15, 0.2) is 0 Å². The van der Waals surface area contributed by atoms with E-state index < -0.39 is 0 Å². The molecular formula is C12H14BrNO3. The number of benzene rings is 1. The minimum atomic E-state index is -0.337. The Morgan fingerprint density at radius 1 is 1.41 bits per heavy atom. The van der Waals surface area contributed by atoms with Gasteiger partial charge in [0.05, 0.1) is 13.5 Å². The van der Waals surface area contributed by atoms with E-state index in [1.165, 1.54) is 7.11 Å². The van der Waals surface area contributed by atoms with E-state index >= 15 is 0 Å². The number of aryl methyl sites for hydroxylation is 1. The lowest BCUT2D eigenvalue weighted by atomic mass is 10.1. The number of amides is 1. The van der Waals surface area contributed by atoms with Crippen LogP contribution >= 0.6 is 15.9 Å². The van der Waals surface area contributed by atoms with Gasteiger partial charge in [-0.25, -0.2) is 0 Å². The molecule has 4 nitrogen and oxygen atoms in total. The summed E-state index contributed by atoms with van der Waals surface area (Å²) in [7, 11) is 1.32. The molecule has 5 heteroatoms. The SMILES string of the molecule is COC(=O)CCNC(=O)c1cc(Br)ccc1C. The summed E-state index contributed by atoms with van der Waals surface area (Å²) in [6.07, 6.45) is 0.176. The first-order valence-electron chi connectivity index (χ1n) is 5.15. The predicted molar refractivity (Wildman–Crippen MR) is 67.8 cm³/mol. The fraction of sp³-hybridized carbons (Fsp3) is 0.333. The average Bonchev–Trinajstić information content (AvgIpc) is 2.31. The highest BCUT2D eigenvalue weighted by molar-refractivity contribution is 9.10. The number of methoxy groups -OCH3 is 1. The molecule has 0 aromatic heterocycles. The van der Waals surface area contributed by atoms with E-state index in [9.17, 15) is 9.59 Å². The number of ether oxygens (including phenoxy) is 1. The molecular weight excluding hydrogens is 286 g/mol. The third-order valence-electron chi connectivity index (χ3n) is 2.29. The van der Waals surface area contributed by atoms with E-state index in [1.807, 2.05) is 19.1 Å². The highest BCUT2D eigenvalue weighted by Gasteiger charge is 2.09. The van der Waals surface area contributed by atoms with Crippen molar-refractivity contribution in [3.63, 3.8) is 0 Å². The van der Waals surface area contributed by atoms with Crippen molar-refractivity contribution in [3.05, 3.63) is 33.8 Å². The zero-order valence-electron chi connectivity index (χ0n) is 9.75. The molecule has 0 spiro atoms. The van der Waals surface area contributed by atoms with Crippen LogP contribution in [0.25, 0.3) is 0 Å². The molecule has 0 unspecified atom stereocenters. The van der Waals surface area contributed by atoms with E-state index in [-0.39, 0.29) is 24.8 Å². The molecule has 0 aliphatic rings. The van der Waals surface area contributed by atoms with Crippen molar-refractivity contribution >= 4 is 27.8 Å². The van der Waals surface area contributed by atoms with E-state index in [4.69, 9.17) is 0 Å². The molecule has 0 aliphatic heterocycles. The summed E-state index contributed by atoms with van der Waals surface area (Å²) in [5.74, 6) is -0.524. The zero-order valence-corrected chi connectivity index (χ0v) is 11.3. The monoisotopic (exact) mass is 299 g/mol. The predicted octanol–water partition coefficient (Wildman–Crippen LogP) is 2.05. The number of hydrogen-bond acceptors (Lipinski definition) is 3. The van der Waals surface area contributed by atoms with Crippen LogP contribution in [-0.2, 0) is 9.53 Å². The average molecular weight is 300 g/mol. The third kappa shape index (κ3) is 4.19. The fourth-order valence-corrected chi connectivity index (χ4v) is 1.68. The summed E-state index contributed by atoms with van der Waals surface area (Å²) < 4.78 is 5.33. The summed E-state index contributed by atoms with van der Waals surface area (Å²) in [6, 6.07) is 5.49. The summed E-state index contributed by atoms with van der Waals surface area (Å²) in [5.41, 5.74) is 1.49. The van der Waals surface area contributed by atoms with Gasteiger partial charge >= 0.3 is 5.97 Å². The zero-order chi connectivity index (χ0) is 12.8. The summed E-state index contributed by atoms with van der Waals surface area (Å²) in [4.78, 5) is 22.7. The Kier molecular flexibility index (Phi) is 5.15. The largest absolute Gasteiger partial charge is 0.469 e. The Hall–Kier alpha value is -1.36. The second kappa shape index (κ2) is 6.39. The number of carbonyl (C=O) groups is 2. The molecule has 1 aromatic carbocycles. The van der Waals surface area contributed by atoms with Crippen LogP contribution in [0.2, 0.25) is 0 Å². The van der Waals surface area contributed by atoms with Crippen LogP contribution in [0.15, 0.2) is 22.7 Å². The number of hydrogen-bond donors (Lipinski definition) is 1. The Morgan fingerprint density at radius 2 is 2.12 bits per heavy atom. The molecule has 1 N–H and O–H groups in total. The lowest BCUT2D eigenvalue weighted by Crippen LogP contribution is -2.26. The third-order valence-corrected chi connectivity index (χ3v) is 2.78. The molecule has 1 aromatic rings. The van der Waals surface area contributed by atoms with E-state index in [2.05, 4.69) is 26.0 Å². The molecule has 92 valence electrons. The molecule has 0 radical (unpaired) electrons. The van der Waals surface area contributed by atoms with Crippen LogP contribution in [-0.4, -0.2) is 25.5 Å². The van der Waals surface area contributed by atoms with E-state index in [0.717, 1.165) is 10.0 Å². The van der Waals surface area contributed by atoms with Crippen molar-refractivity contribution in [1.82, 2.24) is 5.32 Å². The molecule has 1 amide bonds. The highest BCUT2D eigenvalue weighted by atomic mass is 79.9. The van der Waals surface area contributed by atoms with E-state index in [0.29, 0.717) is 5.56 Å². The van der Waals surface area contributed by atoms with Crippen LogP contribution in [0.3, 0.4) is 0 Å². The molecule has 0 heterocycles. The Bertz CT molecular complexity index is 432. The van der Waals surface area contributed by atoms with Gasteiger partial charge in [0, 0.05) is 16.6 Å². The van der Waals surface area contributed by atoms with Crippen molar-refractivity contribution in [3.8, 4) is 0 Å². The maximum atomic E-state index is 11.8. The molecule has 0 aliphatic carbocycles. The number of esters is 1. The Balaban J connectivity index is 2.58. The summed E-state index contributed by atoms with van der Waals surface area (Å²) in [6.45, 7) is 2.14. The van der Waals surface area contributed by atoms with Gasteiger partial charge in [-0.15, -0.1) is 0 Å². The van der Waals surface area contributed by atoms with Crippen molar-refractivity contribution in [2.45, 2.75) is 13.3 Å². The number of nitrogens with one attached hydrogen (secondary N) is 1. The van der Waals surface area contributed by atoms with Crippen LogP contribution in [0.4, 0.5) is 0 Å². The molecule has 17 heavy (non-hydrogen) atoms. The second-order valence-electron chi connectivity index (χ2n) is 3.54. The minimum absolute atomic E-state index is 0.176. The number of carbonyl (C=O) groups excluding carboxylic acids is 2. The lowest BCUT2D eigenvalue weighted by Gasteiger charge is -2.07. The molecule has 0 bridgehead atoms.